The smallest absolute Gasteiger partial charge is 0.318 e. The van der Waals surface area contributed by atoms with E-state index in [4.69, 9.17) is 4.74 Å². The van der Waals surface area contributed by atoms with Gasteiger partial charge in [-0.3, -0.25) is 0 Å². The predicted molar refractivity (Wildman–Crippen MR) is 105 cm³/mol. The van der Waals surface area contributed by atoms with Crippen LogP contribution in [0.1, 0.15) is 24.1 Å². The minimum absolute atomic E-state index is 0.159. The molecular formula is C21H27F2N3O2. The molecule has 0 fully saturated rings. The van der Waals surface area contributed by atoms with Crippen molar-refractivity contribution in [2.24, 2.45) is 0 Å². The van der Waals surface area contributed by atoms with E-state index in [1.54, 1.807) is 30.0 Å². The number of halogens is 2. The van der Waals surface area contributed by atoms with Crippen molar-refractivity contribution in [3.8, 4) is 5.75 Å². The zero-order valence-corrected chi connectivity index (χ0v) is 16.7. The van der Waals surface area contributed by atoms with Gasteiger partial charge in [-0.15, -0.1) is 0 Å². The third-order valence-corrected chi connectivity index (χ3v) is 4.41. The Morgan fingerprint density at radius 3 is 2.36 bits per heavy atom. The molecule has 28 heavy (non-hydrogen) atoms. The van der Waals surface area contributed by atoms with Crippen molar-refractivity contribution in [3.05, 3.63) is 65.2 Å². The Labute approximate surface area is 164 Å². The van der Waals surface area contributed by atoms with E-state index >= 15 is 0 Å². The summed E-state index contributed by atoms with van der Waals surface area (Å²) in [5, 5.41) is 2.90. The maximum absolute atomic E-state index is 14.0. The second-order valence-electron chi connectivity index (χ2n) is 6.92. The lowest BCUT2D eigenvalue weighted by atomic mass is 10.1. The van der Waals surface area contributed by atoms with Crippen LogP contribution < -0.4 is 10.1 Å². The number of nitrogens with one attached hydrogen (secondary N) is 1. The topological polar surface area (TPSA) is 44.8 Å². The van der Waals surface area contributed by atoms with Crippen molar-refractivity contribution < 1.29 is 18.3 Å². The number of benzene rings is 2. The highest BCUT2D eigenvalue weighted by molar-refractivity contribution is 5.74. The number of hydrogen-bond donors (Lipinski definition) is 1. The summed E-state index contributed by atoms with van der Waals surface area (Å²) in [6, 6.07) is 10.0. The Morgan fingerprint density at radius 1 is 1.11 bits per heavy atom. The molecule has 5 nitrogen and oxygen atoms in total. The van der Waals surface area contributed by atoms with Gasteiger partial charge in [-0.1, -0.05) is 18.2 Å². The number of ether oxygens (including phenoxy) is 1. The van der Waals surface area contributed by atoms with E-state index in [-0.39, 0.29) is 23.6 Å². The first kappa shape index (κ1) is 21.6. The van der Waals surface area contributed by atoms with E-state index < -0.39 is 5.82 Å². The van der Waals surface area contributed by atoms with Crippen LogP contribution >= 0.6 is 0 Å². The molecule has 0 saturated heterocycles. The number of hydrogen-bond acceptors (Lipinski definition) is 3. The lowest BCUT2D eigenvalue weighted by Crippen LogP contribution is -2.43. The van der Waals surface area contributed by atoms with Gasteiger partial charge in [-0.05, 0) is 56.4 Å². The van der Waals surface area contributed by atoms with Gasteiger partial charge in [0.1, 0.15) is 5.82 Å². The van der Waals surface area contributed by atoms with E-state index in [1.165, 1.54) is 31.4 Å². The average Bonchev–Trinajstić information content (AvgIpc) is 2.66. The molecule has 0 aliphatic heterocycles. The van der Waals surface area contributed by atoms with Gasteiger partial charge < -0.3 is 19.9 Å². The van der Waals surface area contributed by atoms with Gasteiger partial charge in [0.05, 0.1) is 13.2 Å². The van der Waals surface area contributed by atoms with Crippen molar-refractivity contribution in [1.29, 1.82) is 0 Å². The van der Waals surface area contributed by atoms with Crippen molar-refractivity contribution >= 4 is 6.03 Å². The lowest BCUT2D eigenvalue weighted by Gasteiger charge is -2.27. The number of amides is 2. The number of carbonyl (C=O) groups is 1. The molecule has 0 aliphatic carbocycles. The highest BCUT2D eigenvalue weighted by Gasteiger charge is 2.18. The Hall–Kier alpha value is -2.67. The molecule has 1 atom stereocenters. The molecule has 0 saturated carbocycles. The molecule has 152 valence electrons. The fourth-order valence-corrected chi connectivity index (χ4v) is 2.70. The molecule has 2 amide bonds. The molecule has 0 heterocycles. The van der Waals surface area contributed by atoms with Crippen molar-refractivity contribution in [2.45, 2.75) is 19.5 Å². The summed E-state index contributed by atoms with van der Waals surface area (Å²) in [5.41, 5.74) is 1.47. The molecule has 0 bridgehead atoms. The molecule has 0 spiro atoms. The van der Waals surface area contributed by atoms with E-state index in [0.717, 1.165) is 5.56 Å². The minimum Gasteiger partial charge on any atom is -0.494 e. The van der Waals surface area contributed by atoms with Gasteiger partial charge in [-0.2, -0.15) is 0 Å². The highest BCUT2D eigenvalue weighted by Crippen LogP contribution is 2.22. The van der Waals surface area contributed by atoms with Crippen molar-refractivity contribution in [1.82, 2.24) is 15.1 Å². The summed E-state index contributed by atoms with van der Waals surface area (Å²) >= 11 is 0. The van der Waals surface area contributed by atoms with Crippen molar-refractivity contribution in [2.75, 3.05) is 34.3 Å². The SMILES string of the molecule is COc1ccc([C@@H](C)NC(=O)N(CCN(C)C)Cc2ccc(F)cc2)cc1F. The molecule has 0 aliphatic rings. The first-order valence-corrected chi connectivity index (χ1v) is 9.08. The number of methoxy groups -OCH3 is 1. The molecular weight excluding hydrogens is 364 g/mol. The zero-order chi connectivity index (χ0) is 20.7. The summed E-state index contributed by atoms with van der Waals surface area (Å²) in [7, 11) is 5.26. The third-order valence-electron chi connectivity index (χ3n) is 4.41. The van der Waals surface area contributed by atoms with Crippen LogP contribution in [0.25, 0.3) is 0 Å². The third kappa shape index (κ3) is 6.20. The summed E-state index contributed by atoms with van der Waals surface area (Å²) in [6.07, 6.45) is 0. The number of rotatable bonds is 8. The average molecular weight is 391 g/mol. The summed E-state index contributed by atoms with van der Waals surface area (Å²) in [4.78, 5) is 16.5. The van der Waals surface area contributed by atoms with E-state index in [0.29, 0.717) is 25.2 Å². The highest BCUT2D eigenvalue weighted by atomic mass is 19.1. The van der Waals surface area contributed by atoms with Gasteiger partial charge in [0.15, 0.2) is 11.6 Å². The summed E-state index contributed by atoms with van der Waals surface area (Å²) in [6.45, 7) is 3.32. The Morgan fingerprint density at radius 2 is 1.79 bits per heavy atom. The van der Waals surface area contributed by atoms with Crippen LogP contribution in [0.5, 0.6) is 5.75 Å². The Balaban J connectivity index is 2.09. The van der Waals surface area contributed by atoms with Gasteiger partial charge >= 0.3 is 6.03 Å². The van der Waals surface area contributed by atoms with Gasteiger partial charge in [0.2, 0.25) is 0 Å². The molecule has 2 aromatic carbocycles. The van der Waals surface area contributed by atoms with Crippen LogP contribution in [-0.2, 0) is 6.54 Å². The fourth-order valence-electron chi connectivity index (χ4n) is 2.70. The summed E-state index contributed by atoms with van der Waals surface area (Å²) < 4.78 is 32.0. The van der Waals surface area contributed by atoms with Crippen LogP contribution in [0.4, 0.5) is 13.6 Å². The quantitative estimate of drug-likeness (QED) is 0.744. The monoisotopic (exact) mass is 391 g/mol. The minimum atomic E-state index is -0.475. The van der Waals surface area contributed by atoms with Crippen molar-refractivity contribution in [3.63, 3.8) is 0 Å². The van der Waals surface area contributed by atoms with Gasteiger partial charge in [-0.25, -0.2) is 13.6 Å². The number of likely N-dealkylation sites (N-methyl/N-ethyl adjacent to an activating group) is 1. The molecule has 0 radical (unpaired) electrons. The van der Waals surface area contributed by atoms with E-state index in [9.17, 15) is 13.6 Å². The van der Waals surface area contributed by atoms with Crippen LogP contribution in [0.2, 0.25) is 0 Å². The van der Waals surface area contributed by atoms with E-state index in [2.05, 4.69) is 5.32 Å². The second kappa shape index (κ2) is 10.0. The molecule has 0 unspecified atom stereocenters. The van der Waals surface area contributed by atoms with Gasteiger partial charge in [0, 0.05) is 19.6 Å². The maximum atomic E-state index is 14.0. The maximum Gasteiger partial charge on any atom is 0.318 e. The molecule has 2 rings (SSSR count). The summed E-state index contributed by atoms with van der Waals surface area (Å²) in [5.74, 6) is -0.633. The van der Waals surface area contributed by atoms with Gasteiger partial charge in [0.25, 0.3) is 0 Å². The van der Waals surface area contributed by atoms with Crippen LogP contribution in [0, 0.1) is 11.6 Å². The van der Waals surface area contributed by atoms with Crippen LogP contribution in [-0.4, -0.2) is 50.1 Å². The molecule has 1 N–H and O–H groups in total. The Bertz CT molecular complexity index is 782. The molecule has 7 heteroatoms. The molecule has 0 aromatic heterocycles. The fraction of sp³-hybridized carbons (Fsp3) is 0.381. The standard InChI is InChI=1S/C21H27F2N3O2/c1-15(17-7-10-20(28-4)19(23)13-17)24-21(27)26(12-11-25(2)3)14-16-5-8-18(22)9-6-16/h5-10,13,15H,11-12,14H2,1-4H3,(H,24,27)/t15-/m1/s1. The number of urea groups is 1. The lowest BCUT2D eigenvalue weighted by molar-refractivity contribution is 0.185. The van der Waals surface area contributed by atoms with Crippen LogP contribution in [0.15, 0.2) is 42.5 Å². The predicted octanol–water partition coefficient (Wildman–Crippen LogP) is 3.81. The normalized spacial score (nSPS) is 12.0. The number of nitrogens with zero attached hydrogens (tertiary/aromatic N) is 2. The number of carbonyl (C=O) groups excluding carboxylic acids is 1. The van der Waals surface area contributed by atoms with E-state index in [1.807, 2.05) is 19.0 Å². The second-order valence-corrected chi connectivity index (χ2v) is 6.92. The first-order valence-electron chi connectivity index (χ1n) is 9.08. The first-order chi connectivity index (χ1) is 13.3. The largest absolute Gasteiger partial charge is 0.494 e. The van der Waals surface area contributed by atoms with Crippen LogP contribution in [0.3, 0.4) is 0 Å². The zero-order valence-electron chi connectivity index (χ0n) is 16.7. The molecule has 2 aromatic rings. The Kier molecular flexibility index (Phi) is 7.75.